The molecule has 0 spiro atoms. The Balaban J connectivity index is 1.67. The maximum atomic E-state index is 12.3. The molecule has 0 saturated heterocycles. The zero-order valence-corrected chi connectivity index (χ0v) is 17.5. The lowest BCUT2D eigenvalue weighted by Crippen LogP contribution is -2.26. The van der Waals surface area contributed by atoms with E-state index in [1.807, 2.05) is 37.3 Å². The number of rotatable bonds is 6. The molecule has 1 heterocycles. The lowest BCUT2D eigenvalue weighted by Gasteiger charge is -2.10. The molecule has 1 N–H and O–H groups in total. The van der Waals surface area contributed by atoms with E-state index in [1.54, 1.807) is 6.21 Å². The van der Waals surface area contributed by atoms with Gasteiger partial charge in [-0.15, -0.1) is 11.8 Å². The molecular weight excluding hydrogens is 366 g/mol. The van der Waals surface area contributed by atoms with Crippen molar-refractivity contribution in [3.8, 4) is 5.69 Å². The molecule has 1 atom stereocenters. The number of carbonyl (C=O) groups is 1. The number of hydrogen-bond acceptors (Lipinski definition) is 3. The normalized spacial score (nSPS) is 12.3. The van der Waals surface area contributed by atoms with Gasteiger partial charge < -0.3 is 4.57 Å². The van der Waals surface area contributed by atoms with Crippen LogP contribution in [0.1, 0.15) is 29.4 Å². The van der Waals surface area contributed by atoms with Crippen LogP contribution in [-0.4, -0.2) is 21.9 Å². The molecular formula is C23H25N3OS. The van der Waals surface area contributed by atoms with Gasteiger partial charge >= 0.3 is 0 Å². The minimum absolute atomic E-state index is 0.113. The van der Waals surface area contributed by atoms with E-state index >= 15 is 0 Å². The van der Waals surface area contributed by atoms with Gasteiger partial charge in [0.05, 0.1) is 11.5 Å². The molecule has 1 amide bonds. The zero-order chi connectivity index (χ0) is 20.1. The summed E-state index contributed by atoms with van der Waals surface area (Å²) in [6.07, 6.45) is 1.71. The van der Waals surface area contributed by atoms with E-state index in [0.717, 1.165) is 27.5 Å². The van der Waals surface area contributed by atoms with Crippen LogP contribution < -0.4 is 5.43 Å². The van der Waals surface area contributed by atoms with E-state index in [-0.39, 0.29) is 11.2 Å². The van der Waals surface area contributed by atoms with Crippen molar-refractivity contribution in [1.29, 1.82) is 0 Å². The Morgan fingerprint density at radius 3 is 2.43 bits per heavy atom. The van der Waals surface area contributed by atoms with Gasteiger partial charge in [-0.25, -0.2) is 5.43 Å². The Morgan fingerprint density at radius 2 is 1.75 bits per heavy atom. The Bertz CT molecular complexity index is 975. The highest BCUT2D eigenvalue weighted by molar-refractivity contribution is 8.00. The molecule has 0 radical (unpaired) electrons. The number of hydrazone groups is 1. The first-order valence-corrected chi connectivity index (χ1v) is 10.1. The molecule has 144 valence electrons. The van der Waals surface area contributed by atoms with Crippen LogP contribution in [0.5, 0.6) is 0 Å². The van der Waals surface area contributed by atoms with E-state index in [0.29, 0.717) is 0 Å². The van der Waals surface area contributed by atoms with Crippen molar-refractivity contribution in [2.75, 3.05) is 0 Å². The highest BCUT2D eigenvalue weighted by Gasteiger charge is 2.14. The second-order valence-corrected chi connectivity index (χ2v) is 8.22. The third kappa shape index (κ3) is 4.73. The molecule has 3 aromatic rings. The lowest BCUT2D eigenvalue weighted by molar-refractivity contribution is -0.120. The summed E-state index contributed by atoms with van der Waals surface area (Å²) < 4.78 is 2.19. The molecule has 0 aliphatic carbocycles. The van der Waals surface area contributed by atoms with Crippen LogP contribution in [0.2, 0.25) is 0 Å². The standard InChI is InChI=1S/C23H25N3OS/c1-16-10-12-21(13-11-16)26-17(2)14-20(18(26)3)15-24-25-23(27)19(4)28-22-8-6-5-7-9-22/h5-15,19H,1-4H3,(H,25,27)/b24-15-/t19-/m0/s1. The van der Waals surface area contributed by atoms with Crippen LogP contribution in [0.15, 0.2) is 70.7 Å². The van der Waals surface area contributed by atoms with Crippen LogP contribution in [0.25, 0.3) is 5.69 Å². The molecule has 3 rings (SSSR count). The lowest BCUT2D eigenvalue weighted by atomic mass is 10.2. The number of thioether (sulfide) groups is 1. The summed E-state index contributed by atoms with van der Waals surface area (Å²) in [5.41, 5.74) is 8.22. The van der Waals surface area contributed by atoms with Crippen molar-refractivity contribution in [1.82, 2.24) is 9.99 Å². The largest absolute Gasteiger partial charge is 0.318 e. The molecule has 0 bridgehead atoms. The van der Waals surface area contributed by atoms with Crippen LogP contribution in [-0.2, 0) is 4.79 Å². The molecule has 0 aliphatic rings. The highest BCUT2D eigenvalue weighted by Crippen LogP contribution is 2.23. The quantitative estimate of drug-likeness (QED) is 0.364. The minimum atomic E-state index is -0.223. The predicted molar refractivity (Wildman–Crippen MR) is 117 cm³/mol. The molecule has 0 saturated carbocycles. The van der Waals surface area contributed by atoms with Crippen molar-refractivity contribution >= 4 is 23.9 Å². The van der Waals surface area contributed by atoms with Gasteiger partial charge in [0, 0.05) is 27.5 Å². The van der Waals surface area contributed by atoms with Crippen LogP contribution in [0, 0.1) is 20.8 Å². The molecule has 4 nitrogen and oxygen atoms in total. The number of amides is 1. The first kappa shape index (κ1) is 20.0. The average Bonchev–Trinajstić information content (AvgIpc) is 2.97. The summed E-state index contributed by atoms with van der Waals surface area (Å²) in [4.78, 5) is 13.4. The maximum absolute atomic E-state index is 12.3. The average molecular weight is 392 g/mol. The number of benzene rings is 2. The van der Waals surface area contributed by atoms with E-state index in [9.17, 15) is 4.79 Å². The SMILES string of the molecule is Cc1ccc(-n2c(C)cc(/C=N\NC(=O)[C@H](C)Sc3ccccc3)c2C)cc1. The summed E-state index contributed by atoms with van der Waals surface area (Å²) >= 11 is 1.52. The van der Waals surface area contributed by atoms with Crippen LogP contribution in [0.4, 0.5) is 0 Å². The number of nitrogens with zero attached hydrogens (tertiary/aromatic N) is 2. The monoisotopic (exact) mass is 391 g/mol. The van der Waals surface area contributed by atoms with Crippen LogP contribution >= 0.6 is 11.8 Å². The van der Waals surface area contributed by atoms with Crippen molar-refractivity contribution in [3.63, 3.8) is 0 Å². The Morgan fingerprint density at radius 1 is 1.07 bits per heavy atom. The van der Waals surface area contributed by atoms with Gasteiger partial charge in [-0.3, -0.25) is 4.79 Å². The molecule has 2 aromatic carbocycles. The fourth-order valence-corrected chi connectivity index (χ4v) is 3.90. The van der Waals surface area contributed by atoms with E-state index in [2.05, 4.69) is 66.2 Å². The second kappa shape index (κ2) is 8.93. The Labute approximate surface area is 170 Å². The van der Waals surface area contributed by atoms with Gasteiger partial charge in [-0.1, -0.05) is 35.9 Å². The fraction of sp³-hybridized carbons (Fsp3) is 0.217. The molecule has 0 fully saturated rings. The third-order valence-corrected chi connectivity index (χ3v) is 5.68. The summed E-state index contributed by atoms with van der Waals surface area (Å²) in [6, 6.07) is 20.4. The summed E-state index contributed by atoms with van der Waals surface area (Å²) in [5, 5.41) is 3.95. The van der Waals surface area contributed by atoms with Crippen molar-refractivity contribution in [3.05, 3.63) is 83.2 Å². The molecule has 1 aromatic heterocycles. The van der Waals surface area contributed by atoms with Crippen molar-refractivity contribution < 1.29 is 4.79 Å². The number of carbonyl (C=O) groups excluding carboxylic acids is 1. The Kier molecular flexibility index (Phi) is 6.37. The van der Waals surface area contributed by atoms with Gasteiger partial charge in [-0.05, 0) is 58.0 Å². The smallest absolute Gasteiger partial charge is 0.253 e. The molecule has 5 heteroatoms. The first-order chi connectivity index (χ1) is 13.5. The molecule has 0 aliphatic heterocycles. The Hall–Kier alpha value is -2.79. The first-order valence-electron chi connectivity index (χ1n) is 9.26. The van der Waals surface area contributed by atoms with E-state index in [4.69, 9.17) is 0 Å². The van der Waals surface area contributed by atoms with E-state index in [1.165, 1.54) is 17.3 Å². The number of nitrogens with one attached hydrogen (secondary N) is 1. The summed E-state index contributed by atoms with van der Waals surface area (Å²) in [6.45, 7) is 8.09. The molecule has 0 unspecified atom stereocenters. The number of aryl methyl sites for hydroxylation is 2. The van der Waals surface area contributed by atoms with Gasteiger partial charge in [0.2, 0.25) is 0 Å². The minimum Gasteiger partial charge on any atom is -0.318 e. The zero-order valence-electron chi connectivity index (χ0n) is 16.6. The van der Waals surface area contributed by atoms with Gasteiger partial charge in [-0.2, -0.15) is 5.10 Å². The van der Waals surface area contributed by atoms with Gasteiger partial charge in [0.1, 0.15) is 0 Å². The third-order valence-electron chi connectivity index (χ3n) is 4.57. The van der Waals surface area contributed by atoms with Gasteiger partial charge in [0.25, 0.3) is 5.91 Å². The topological polar surface area (TPSA) is 46.4 Å². The van der Waals surface area contributed by atoms with Crippen molar-refractivity contribution in [2.24, 2.45) is 5.10 Å². The number of hydrogen-bond donors (Lipinski definition) is 1. The molecule has 28 heavy (non-hydrogen) atoms. The number of aromatic nitrogens is 1. The van der Waals surface area contributed by atoms with Crippen LogP contribution in [0.3, 0.4) is 0 Å². The fourth-order valence-electron chi connectivity index (χ4n) is 3.02. The highest BCUT2D eigenvalue weighted by atomic mass is 32.2. The summed E-state index contributed by atoms with van der Waals surface area (Å²) in [5.74, 6) is -0.113. The maximum Gasteiger partial charge on any atom is 0.253 e. The van der Waals surface area contributed by atoms with Crippen molar-refractivity contribution in [2.45, 2.75) is 37.8 Å². The predicted octanol–water partition coefficient (Wildman–Crippen LogP) is 5.03. The van der Waals surface area contributed by atoms with Gasteiger partial charge in [0.15, 0.2) is 0 Å². The summed E-state index contributed by atoms with van der Waals surface area (Å²) in [7, 11) is 0. The van der Waals surface area contributed by atoms with E-state index < -0.39 is 0 Å². The second-order valence-electron chi connectivity index (χ2n) is 6.80.